The first kappa shape index (κ1) is 16.0. The molecular weight excluding hydrogens is 367 g/mol. The van der Waals surface area contributed by atoms with Crippen molar-refractivity contribution in [2.75, 3.05) is 0 Å². The quantitative estimate of drug-likeness (QED) is 0.465. The molecule has 4 nitrogen and oxygen atoms in total. The van der Waals surface area contributed by atoms with Gasteiger partial charge in [-0.05, 0) is 56.0 Å². The summed E-state index contributed by atoms with van der Waals surface area (Å²) in [4.78, 5) is 13.2. The largest absolute Gasteiger partial charge is 0.323 e. The Morgan fingerprint density at radius 2 is 1.69 bits per heavy atom. The Balaban J connectivity index is 1.83. The van der Waals surface area contributed by atoms with Gasteiger partial charge in [-0.15, -0.1) is 0 Å². The third-order valence-corrected chi connectivity index (χ3v) is 5.68. The van der Waals surface area contributed by atoms with Crippen LogP contribution in [0.15, 0.2) is 42.5 Å². The van der Waals surface area contributed by atoms with Crippen LogP contribution in [0.2, 0.25) is 10.0 Å². The summed E-state index contributed by atoms with van der Waals surface area (Å²) >= 11 is 12.6. The molecule has 0 aliphatic heterocycles. The van der Waals surface area contributed by atoms with E-state index in [0.717, 1.165) is 46.6 Å². The topological polar surface area (TPSA) is 45.5 Å². The van der Waals surface area contributed by atoms with E-state index in [-0.39, 0.29) is 0 Å². The van der Waals surface area contributed by atoms with E-state index in [4.69, 9.17) is 33.2 Å². The average molecular weight is 384 g/mol. The number of fused-ring (bicyclic) bond motifs is 2. The zero-order valence-corrected chi connectivity index (χ0v) is 15.6. The van der Waals surface area contributed by atoms with Crippen molar-refractivity contribution in [3.8, 4) is 11.4 Å². The minimum Gasteiger partial charge on any atom is -0.251 e. The highest BCUT2D eigenvalue weighted by atomic mass is 35.5. The van der Waals surface area contributed by atoms with Crippen LogP contribution in [0, 0.1) is 0 Å². The Morgan fingerprint density at radius 3 is 2.42 bits per heavy atom. The summed E-state index contributed by atoms with van der Waals surface area (Å²) < 4.78 is 2.29. The molecule has 1 saturated carbocycles. The van der Waals surface area contributed by atoms with Crippen molar-refractivity contribution >= 4 is 45.5 Å². The number of aromatic amines is 1. The Hall–Kier alpha value is -2.17. The predicted molar refractivity (Wildman–Crippen MR) is 105 cm³/mol. The number of rotatable bonds is 2. The molecule has 5 rings (SSSR count). The molecule has 6 heteroatoms. The van der Waals surface area contributed by atoms with Gasteiger partial charge in [0, 0.05) is 5.02 Å². The van der Waals surface area contributed by atoms with E-state index in [2.05, 4.69) is 9.55 Å². The van der Waals surface area contributed by atoms with E-state index in [9.17, 15) is 0 Å². The van der Waals surface area contributed by atoms with Crippen LogP contribution in [0.3, 0.4) is 0 Å². The molecule has 0 bridgehead atoms. The maximum absolute atomic E-state index is 6.52. The van der Waals surface area contributed by atoms with Crippen molar-refractivity contribution < 1.29 is 4.57 Å². The van der Waals surface area contributed by atoms with Gasteiger partial charge < -0.3 is 0 Å². The number of hydrogen-bond donors (Lipinski definition) is 1. The third kappa shape index (κ3) is 2.56. The minimum atomic E-state index is 0.404. The summed E-state index contributed by atoms with van der Waals surface area (Å²) in [5, 5.41) is 1.25. The number of hydrogen-bond acceptors (Lipinski definition) is 2. The van der Waals surface area contributed by atoms with Crippen LogP contribution in [-0.2, 0) is 0 Å². The molecule has 4 aromatic rings. The molecule has 1 aliphatic rings. The van der Waals surface area contributed by atoms with Gasteiger partial charge in [0.1, 0.15) is 5.52 Å². The highest BCUT2D eigenvalue weighted by Gasteiger charge is 2.31. The van der Waals surface area contributed by atoms with E-state index in [1.807, 2.05) is 36.4 Å². The maximum Gasteiger partial charge on any atom is 0.323 e. The van der Waals surface area contributed by atoms with Crippen molar-refractivity contribution in [1.82, 2.24) is 15.0 Å². The molecule has 0 amide bonds. The number of halogens is 2. The zero-order chi connectivity index (χ0) is 17.7. The normalized spacial score (nSPS) is 15.3. The molecule has 2 aromatic carbocycles. The predicted octanol–water partition coefficient (Wildman–Crippen LogP) is 5.49. The lowest BCUT2D eigenvalue weighted by atomic mass is 10.2. The second-order valence-electron chi connectivity index (χ2n) is 6.79. The van der Waals surface area contributed by atoms with E-state index in [0.29, 0.717) is 16.1 Å². The first-order chi connectivity index (χ1) is 12.7. The fourth-order valence-electron chi connectivity index (χ4n) is 3.92. The van der Waals surface area contributed by atoms with Gasteiger partial charge in [0.05, 0.1) is 16.6 Å². The van der Waals surface area contributed by atoms with Gasteiger partial charge in [0.15, 0.2) is 5.52 Å². The summed E-state index contributed by atoms with van der Waals surface area (Å²) in [6.45, 7) is 0. The molecule has 0 spiro atoms. The minimum absolute atomic E-state index is 0.404. The molecule has 26 heavy (non-hydrogen) atoms. The first-order valence-corrected chi connectivity index (χ1v) is 9.62. The lowest BCUT2D eigenvalue weighted by Crippen LogP contribution is -2.39. The number of nitrogens with one attached hydrogen (secondary N) is 1. The van der Waals surface area contributed by atoms with E-state index >= 15 is 0 Å². The van der Waals surface area contributed by atoms with Crippen LogP contribution in [0.25, 0.3) is 33.7 Å². The van der Waals surface area contributed by atoms with Crippen molar-refractivity contribution in [3.05, 3.63) is 52.5 Å². The molecule has 2 heterocycles. The zero-order valence-electron chi connectivity index (χ0n) is 14.0. The third-order valence-electron chi connectivity index (χ3n) is 5.13. The van der Waals surface area contributed by atoms with Crippen molar-refractivity contribution in [2.24, 2.45) is 0 Å². The highest BCUT2D eigenvalue weighted by molar-refractivity contribution is 6.36. The monoisotopic (exact) mass is 383 g/mol. The van der Waals surface area contributed by atoms with Crippen molar-refractivity contribution in [3.63, 3.8) is 0 Å². The Kier molecular flexibility index (Phi) is 3.84. The summed E-state index contributed by atoms with van der Waals surface area (Å²) in [6.07, 6.45) is 4.76. The van der Waals surface area contributed by atoms with Crippen LogP contribution >= 0.6 is 23.2 Å². The van der Waals surface area contributed by atoms with Crippen LogP contribution in [0.5, 0.6) is 0 Å². The summed E-state index contributed by atoms with van der Waals surface area (Å²) in [6, 6.07) is 14.0. The van der Waals surface area contributed by atoms with Gasteiger partial charge in [-0.2, -0.15) is 0 Å². The molecule has 0 atom stereocenters. The van der Waals surface area contributed by atoms with Crippen LogP contribution < -0.4 is 4.57 Å². The van der Waals surface area contributed by atoms with Gasteiger partial charge >= 0.3 is 5.65 Å². The van der Waals surface area contributed by atoms with Crippen LogP contribution in [0.1, 0.15) is 31.7 Å². The molecule has 0 saturated heterocycles. The molecule has 2 aromatic heterocycles. The maximum atomic E-state index is 6.52. The number of para-hydroxylation sites is 2. The lowest BCUT2D eigenvalue weighted by molar-refractivity contribution is -0.688. The van der Waals surface area contributed by atoms with Crippen molar-refractivity contribution in [1.29, 1.82) is 0 Å². The van der Waals surface area contributed by atoms with Crippen LogP contribution in [0.4, 0.5) is 0 Å². The smallest absolute Gasteiger partial charge is 0.251 e. The van der Waals surface area contributed by atoms with Crippen molar-refractivity contribution in [2.45, 2.75) is 31.7 Å². The number of benzene rings is 2. The fraction of sp³-hybridized carbons (Fsp3) is 0.250. The number of nitrogens with zero attached hydrogens (tertiary/aromatic N) is 3. The summed E-state index contributed by atoms with van der Waals surface area (Å²) in [5.74, 6) is 0.948. The van der Waals surface area contributed by atoms with Gasteiger partial charge in [-0.25, -0.2) is 9.55 Å². The van der Waals surface area contributed by atoms with E-state index in [1.54, 1.807) is 6.07 Å². The van der Waals surface area contributed by atoms with Gasteiger partial charge in [0.25, 0.3) is 5.65 Å². The lowest BCUT2D eigenvalue weighted by Gasteiger charge is -2.11. The molecule has 0 unspecified atom stereocenters. The highest BCUT2D eigenvalue weighted by Crippen LogP contribution is 2.33. The molecular formula is C20H17Cl2N4+. The Morgan fingerprint density at radius 1 is 0.962 bits per heavy atom. The number of aromatic nitrogens is 4. The van der Waals surface area contributed by atoms with E-state index in [1.165, 1.54) is 12.8 Å². The second-order valence-corrected chi connectivity index (χ2v) is 7.63. The standard InChI is InChI=1S/C20H16Cl2N4/c21-12-9-10-14(15(22)11-12)19-25-18-20(26(19)13-5-1-2-6-13)24-17-8-4-3-7-16(17)23-18/h3-4,7-11,13H,1-2,5-6H2/p+1. The Bertz CT molecular complexity index is 1130. The fourth-order valence-corrected chi connectivity index (χ4v) is 4.42. The van der Waals surface area contributed by atoms with E-state index < -0.39 is 0 Å². The number of imidazole rings is 1. The molecule has 1 N–H and O–H groups in total. The average Bonchev–Trinajstić information content (AvgIpc) is 3.26. The SMILES string of the molecule is Clc1ccc(-c2[nH]c3nc4ccccc4nc3[n+]2C2CCCC2)c(Cl)c1. The number of H-pyrrole nitrogens is 1. The summed E-state index contributed by atoms with van der Waals surface area (Å²) in [7, 11) is 0. The molecule has 0 radical (unpaired) electrons. The van der Waals surface area contributed by atoms with Gasteiger partial charge in [0.2, 0.25) is 5.82 Å². The second kappa shape index (κ2) is 6.22. The first-order valence-electron chi connectivity index (χ1n) is 8.86. The summed E-state index contributed by atoms with van der Waals surface area (Å²) in [5.41, 5.74) is 4.38. The van der Waals surface area contributed by atoms with Gasteiger partial charge in [-0.3, -0.25) is 4.98 Å². The molecule has 130 valence electrons. The molecule has 1 fully saturated rings. The Labute approximate surface area is 160 Å². The van der Waals surface area contributed by atoms with Crippen LogP contribution in [-0.4, -0.2) is 15.0 Å². The van der Waals surface area contributed by atoms with Gasteiger partial charge in [-0.1, -0.05) is 40.3 Å². The molecule has 1 aliphatic carbocycles.